The first-order valence-electron chi connectivity index (χ1n) is 9.77. The number of nitriles is 1. The lowest BCUT2D eigenvalue weighted by Crippen LogP contribution is -2.42. The Morgan fingerprint density at radius 1 is 1.25 bits per heavy atom. The zero-order chi connectivity index (χ0) is 20.1. The second-order valence-corrected chi connectivity index (χ2v) is 7.74. The largest absolute Gasteiger partial charge is 0.338 e. The van der Waals surface area contributed by atoms with Crippen LogP contribution in [0.4, 0.5) is 0 Å². The summed E-state index contributed by atoms with van der Waals surface area (Å²) in [6.45, 7) is 5.25. The van der Waals surface area contributed by atoms with Crippen molar-refractivity contribution in [3.8, 4) is 17.3 Å². The van der Waals surface area contributed by atoms with Crippen molar-refractivity contribution in [2.24, 2.45) is 11.8 Å². The molecule has 0 unspecified atom stereocenters. The van der Waals surface area contributed by atoms with Crippen LogP contribution in [0.2, 0.25) is 0 Å². The molecule has 0 spiro atoms. The molecule has 1 aliphatic heterocycles. The van der Waals surface area contributed by atoms with Crippen molar-refractivity contribution in [2.45, 2.75) is 33.1 Å². The summed E-state index contributed by atoms with van der Waals surface area (Å²) in [5.41, 5.74) is 2.48. The summed E-state index contributed by atoms with van der Waals surface area (Å²) in [6.07, 6.45) is 3.84. The van der Waals surface area contributed by atoms with Gasteiger partial charge in [0.1, 0.15) is 5.78 Å². The second kappa shape index (κ2) is 8.79. The van der Waals surface area contributed by atoms with Gasteiger partial charge < -0.3 is 4.90 Å². The van der Waals surface area contributed by atoms with Crippen molar-refractivity contribution in [2.75, 3.05) is 13.1 Å². The maximum atomic E-state index is 12.9. The fourth-order valence-corrected chi connectivity index (χ4v) is 3.66. The Labute approximate surface area is 166 Å². The van der Waals surface area contributed by atoms with E-state index in [4.69, 9.17) is 0 Å². The fraction of sp³-hybridized carbons (Fsp3) is 0.391. The monoisotopic (exact) mass is 375 g/mol. The van der Waals surface area contributed by atoms with Crippen LogP contribution < -0.4 is 0 Å². The van der Waals surface area contributed by atoms with Gasteiger partial charge in [0, 0.05) is 37.2 Å². The molecule has 144 valence electrons. The molecule has 3 rings (SSSR count). The first-order chi connectivity index (χ1) is 13.5. The first kappa shape index (κ1) is 19.8. The summed E-state index contributed by atoms with van der Waals surface area (Å²) < 4.78 is 0. The lowest BCUT2D eigenvalue weighted by atomic mass is 9.89. The third-order valence-electron chi connectivity index (χ3n) is 5.11. The molecule has 1 aliphatic rings. The van der Waals surface area contributed by atoms with Gasteiger partial charge in [0.05, 0.1) is 22.9 Å². The average Bonchev–Trinajstić information content (AvgIpc) is 2.73. The molecule has 1 atom stereocenters. The molecule has 1 fully saturated rings. The van der Waals surface area contributed by atoms with Crippen LogP contribution in [0, 0.1) is 23.2 Å². The molecule has 1 aromatic carbocycles. The van der Waals surface area contributed by atoms with Crippen LogP contribution in [0.5, 0.6) is 0 Å². The number of ketones is 1. The Balaban J connectivity index is 1.72. The predicted octanol–water partition coefficient (Wildman–Crippen LogP) is 4.09. The Bertz CT molecular complexity index is 897. The molecule has 1 amide bonds. The van der Waals surface area contributed by atoms with E-state index >= 15 is 0 Å². The van der Waals surface area contributed by atoms with Crippen LogP contribution in [0.3, 0.4) is 0 Å². The number of likely N-dealkylation sites (tertiary alicyclic amines) is 1. The Morgan fingerprint density at radius 3 is 2.71 bits per heavy atom. The molecule has 28 heavy (non-hydrogen) atoms. The van der Waals surface area contributed by atoms with E-state index in [1.807, 2.05) is 32.0 Å². The van der Waals surface area contributed by atoms with Crippen molar-refractivity contribution in [1.29, 1.82) is 5.26 Å². The van der Waals surface area contributed by atoms with Gasteiger partial charge in [-0.1, -0.05) is 32.0 Å². The second-order valence-electron chi connectivity index (χ2n) is 7.74. The van der Waals surface area contributed by atoms with Gasteiger partial charge in [-0.2, -0.15) is 5.26 Å². The molecular weight excluding hydrogens is 350 g/mol. The molecule has 5 nitrogen and oxygen atoms in total. The van der Waals surface area contributed by atoms with Crippen molar-refractivity contribution >= 4 is 11.7 Å². The SMILES string of the molecule is CC(C)CC(=O)[C@@H]1CCCN(C(=O)c2ccc(-c3ccccc3C#N)nc2)C1. The number of piperidine rings is 1. The smallest absolute Gasteiger partial charge is 0.255 e. The molecule has 2 heterocycles. The standard InChI is InChI=1S/C23H25N3O2/c1-16(2)12-22(27)19-7-5-11-26(15-19)23(28)18-9-10-21(25-14-18)20-8-4-3-6-17(20)13-24/h3-4,6,8-10,14,16,19H,5,7,11-12,15H2,1-2H3/t19-/m1/s1. The number of hydrogen-bond acceptors (Lipinski definition) is 4. The van der Waals surface area contributed by atoms with E-state index in [9.17, 15) is 14.9 Å². The summed E-state index contributed by atoms with van der Waals surface area (Å²) in [5.74, 6) is 0.449. The third-order valence-corrected chi connectivity index (χ3v) is 5.11. The van der Waals surface area contributed by atoms with Gasteiger partial charge in [0.15, 0.2) is 0 Å². The summed E-state index contributed by atoms with van der Waals surface area (Å²) in [5, 5.41) is 9.25. The highest BCUT2D eigenvalue weighted by molar-refractivity contribution is 5.95. The Hall–Kier alpha value is -3.00. The highest BCUT2D eigenvalue weighted by Gasteiger charge is 2.29. The topological polar surface area (TPSA) is 74.1 Å². The van der Waals surface area contributed by atoms with E-state index in [2.05, 4.69) is 11.1 Å². The Morgan fingerprint density at radius 2 is 2.04 bits per heavy atom. The zero-order valence-electron chi connectivity index (χ0n) is 16.4. The van der Waals surface area contributed by atoms with Crippen LogP contribution in [0.15, 0.2) is 42.6 Å². The lowest BCUT2D eigenvalue weighted by Gasteiger charge is -2.32. The summed E-state index contributed by atoms with van der Waals surface area (Å²) in [7, 11) is 0. The van der Waals surface area contributed by atoms with Crippen molar-refractivity contribution < 1.29 is 9.59 Å². The van der Waals surface area contributed by atoms with Gasteiger partial charge in [-0.05, 0) is 37.0 Å². The minimum atomic E-state index is -0.0883. The molecule has 1 saturated heterocycles. The van der Waals surface area contributed by atoms with E-state index in [1.54, 1.807) is 29.3 Å². The minimum Gasteiger partial charge on any atom is -0.338 e. The van der Waals surface area contributed by atoms with Crippen LogP contribution in [0.25, 0.3) is 11.3 Å². The van der Waals surface area contributed by atoms with Crippen LogP contribution in [-0.4, -0.2) is 34.7 Å². The molecule has 1 aromatic heterocycles. The van der Waals surface area contributed by atoms with E-state index in [0.29, 0.717) is 42.2 Å². The molecule has 0 radical (unpaired) electrons. The maximum Gasteiger partial charge on any atom is 0.255 e. The summed E-state index contributed by atoms with van der Waals surface area (Å²) >= 11 is 0. The fourth-order valence-electron chi connectivity index (χ4n) is 3.66. The van der Waals surface area contributed by atoms with Gasteiger partial charge in [0.25, 0.3) is 5.91 Å². The maximum absolute atomic E-state index is 12.9. The zero-order valence-corrected chi connectivity index (χ0v) is 16.4. The van der Waals surface area contributed by atoms with Gasteiger partial charge in [0.2, 0.25) is 0 Å². The van der Waals surface area contributed by atoms with Crippen molar-refractivity contribution in [3.05, 3.63) is 53.7 Å². The number of benzene rings is 1. The van der Waals surface area contributed by atoms with Gasteiger partial charge in [-0.15, -0.1) is 0 Å². The number of pyridine rings is 1. The van der Waals surface area contributed by atoms with Crippen LogP contribution >= 0.6 is 0 Å². The van der Waals surface area contributed by atoms with E-state index in [1.165, 1.54) is 0 Å². The average molecular weight is 375 g/mol. The van der Waals surface area contributed by atoms with Crippen LogP contribution in [-0.2, 0) is 4.79 Å². The highest BCUT2D eigenvalue weighted by atomic mass is 16.2. The molecule has 0 bridgehead atoms. The molecule has 0 N–H and O–H groups in total. The number of rotatable bonds is 5. The number of carbonyl (C=O) groups excluding carboxylic acids is 2. The van der Waals surface area contributed by atoms with Gasteiger partial charge in [-0.25, -0.2) is 0 Å². The predicted molar refractivity (Wildman–Crippen MR) is 107 cm³/mol. The number of carbonyl (C=O) groups is 2. The lowest BCUT2D eigenvalue weighted by molar-refractivity contribution is -0.124. The third kappa shape index (κ3) is 4.45. The molecule has 0 aliphatic carbocycles. The molecular formula is C23H25N3O2. The van der Waals surface area contributed by atoms with E-state index < -0.39 is 0 Å². The van der Waals surface area contributed by atoms with Crippen LogP contribution in [0.1, 0.15) is 49.0 Å². The number of aromatic nitrogens is 1. The number of hydrogen-bond donors (Lipinski definition) is 0. The quantitative estimate of drug-likeness (QED) is 0.789. The number of amides is 1. The normalized spacial score (nSPS) is 16.6. The minimum absolute atomic E-state index is 0.0603. The molecule has 5 heteroatoms. The van der Waals surface area contributed by atoms with E-state index in [-0.39, 0.29) is 17.6 Å². The van der Waals surface area contributed by atoms with Crippen molar-refractivity contribution in [1.82, 2.24) is 9.88 Å². The number of nitrogens with zero attached hydrogens (tertiary/aromatic N) is 3. The molecule has 2 aromatic rings. The summed E-state index contributed by atoms with van der Waals surface area (Å²) in [4.78, 5) is 31.5. The summed E-state index contributed by atoms with van der Waals surface area (Å²) in [6, 6.07) is 13.0. The van der Waals surface area contributed by atoms with Gasteiger partial charge >= 0.3 is 0 Å². The van der Waals surface area contributed by atoms with Gasteiger partial charge in [-0.3, -0.25) is 14.6 Å². The van der Waals surface area contributed by atoms with Crippen molar-refractivity contribution in [3.63, 3.8) is 0 Å². The van der Waals surface area contributed by atoms with E-state index in [0.717, 1.165) is 18.4 Å². The molecule has 0 saturated carbocycles. The Kier molecular flexibility index (Phi) is 6.20. The number of Topliss-reactive ketones (excluding diaryl/α,β-unsaturated/α-hetero) is 1. The highest BCUT2D eigenvalue weighted by Crippen LogP contribution is 2.24. The first-order valence-corrected chi connectivity index (χ1v) is 9.77.